The molecule has 37 heavy (non-hydrogen) atoms. The normalized spacial score (nSPS) is 20.3. The number of halogens is 4. The Hall–Kier alpha value is -3.76. The van der Waals surface area contributed by atoms with Crippen LogP contribution in [0.1, 0.15) is 66.1 Å². The second-order valence-corrected chi connectivity index (χ2v) is 9.31. The molecule has 1 aliphatic carbocycles. The quantitative estimate of drug-likeness (QED) is 0.448. The van der Waals surface area contributed by atoms with Gasteiger partial charge >= 0.3 is 6.43 Å². The molecule has 1 saturated heterocycles. The van der Waals surface area contributed by atoms with E-state index in [1.54, 1.807) is 42.5 Å². The lowest BCUT2D eigenvalue weighted by Crippen LogP contribution is -2.47. The Morgan fingerprint density at radius 1 is 1.08 bits per heavy atom. The minimum absolute atomic E-state index is 0.217. The highest BCUT2D eigenvalue weighted by molar-refractivity contribution is 5.89. The fourth-order valence-electron chi connectivity index (χ4n) is 4.66. The van der Waals surface area contributed by atoms with Crippen molar-refractivity contribution in [3.05, 3.63) is 82.8 Å². The van der Waals surface area contributed by atoms with Gasteiger partial charge in [-0.2, -0.15) is 8.78 Å². The topological polar surface area (TPSA) is 88.3 Å². The number of hydrogen-bond acceptors (Lipinski definition) is 5. The van der Waals surface area contributed by atoms with Crippen molar-refractivity contribution in [1.29, 1.82) is 0 Å². The molecule has 2 heterocycles. The summed E-state index contributed by atoms with van der Waals surface area (Å²) in [6.07, 6.45) is -3.35. The molecule has 0 radical (unpaired) electrons. The highest BCUT2D eigenvalue weighted by Gasteiger charge is 2.41. The number of hydrogen-bond donors (Lipinski definition) is 1. The van der Waals surface area contributed by atoms with Gasteiger partial charge in [0.15, 0.2) is 0 Å². The number of benzene rings is 2. The lowest BCUT2D eigenvalue weighted by atomic mass is 9.96. The average molecular weight is 516 g/mol. The molecule has 1 saturated carbocycles. The van der Waals surface area contributed by atoms with Crippen molar-refractivity contribution in [2.45, 2.75) is 56.3 Å². The standard InChI is InChI=1S/C26H24F4N4O3/c27-17-11-20(34(13-17)22(35)12-21-32-33-26(37-21)24(29)30)25(36)31-23(15-4-2-1-3-5-15)16-8-9-18(14-6-7-14)19(28)10-16/h1-5,8-10,14,17,20,23-24H,6-7,11-13H2,(H,31,36)/t17-,20+,23+/m1/s1. The summed E-state index contributed by atoms with van der Waals surface area (Å²) >= 11 is 0. The number of alkyl halides is 3. The van der Waals surface area contributed by atoms with E-state index >= 15 is 0 Å². The number of carbonyl (C=O) groups is 2. The van der Waals surface area contributed by atoms with E-state index in [0.717, 1.165) is 17.7 Å². The van der Waals surface area contributed by atoms with Crippen LogP contribution in [0, 0.1) is 5.82 Å². The van der Waals surface area contributed by atoms with Gasteiger partial charge < -0.3 is 14.6 Å². The van der Waals surface area contributed by atoms with Crippen LogP contribution in [0.3, 0.4) is 0 Å². The number of nitrogens with zero attached hydrogens (tertiary/aromatic N) is 3. The highest BCUT2D eigenvalue weighted by Crippen LogP contribution is 2.42. The molecular weight excluding hydrogens is 492 g/mol. The van der Waals surface area contributed by atoms with E-state index in [-0.39, 0.29) is 30.6 Å². The first kappa shape index (κ1) is 24.9. The average Bonchev–Trinajstić information content (AvgIpc) is 3.47. The molecule has 1 N–H and O–H groups in total. The van der Waals surface area contributed by atoms with Gasteiger partial charge in [-0.3, -0.25) is 9.59 Å². The SMILES string of the molecule is O=C(N[C@@H](c1ccccc1)c1ccc(C2CC2)c(F)c1)[C@@H]1C[C@@H](F)CN1C(=O)Cc1nnc(C(F)F)o1. The second kappa shape index (κ2) is 10.3. The van der Waals surface area contributed by atoms with Gasteiger partial charge in [0.05, 0.1) is 12.6 Å². The third kappa shape index (κ3) is 5.50. The van der Waals surface area contributed by atoms with Crippen LogP contribution >= 0.6 is 0 Å². The van der Waals surface area contributed by atoms with Crippen molar-refractivity contribution in [3.63, 3.8) is 0 Å². The summed E-state index contributed by atoms with van der Waals surface area (Å²) in [5.74, 6) is -2.73. The Bertz CT molecular complexity index is 1280. The molecule has 3 atom stereocenters. The van der Waals surface area contributed by atoms with Gasteiger partial charge in [-0.15, -0.1) is 10.2 Å². The third-order valence-electron chi connectivity index (χ3n) is 6.64. The van der Waals surface area contributed by atoms with Crippen LogP contribution < -0.4 is 5.32 Å². The van der Waals surface area contributed by atoms with Gasteiger partial charge in [0.2, 0.25) is 17.7 Å². The summed E-state index contributed by atoms with van der Waals surface area (Å²) in [5, 5.41) is 9.46. The fraction of sp³-hybridized carbons (Fsp3) is 0.385. The molecule has 2 aromatic carbocycles. The molecule has 2 aliphatic rings. The monoisotopic (exact) mass is 516 g/mol. The first-order valence-corrected chi connectivity index (χ1v) is 12.0. The van der Waals surface area contributed by atoms with Crippen LogP contribution in [0.5, 0.6) is 0 Å². The van der Waals surface area contributed by atoms with E-state index in [4.69, 9.17) is 4.42 Å². The molecule has 2 fully saturated rings. The molecule has 0 bridgehead atoms. The summed E-state index contributed by atoms with van der Waals surface area (Å²) in [5.41, 5.74) is 1.85. The molecular formula is C26H24F4N4O3. The van der Waals surface area contributed by atoms with E-state index in [9.17, 15) is 27.2 Å². The van der Waals surface area contributed by atoms with Gasteiger partial charge in [0.1, 0.15) is 24.5 Å². The highest BCUT2D eigenvalue weighted by atomic mass is 19.3. The van der Waals surface area contributed by atoms with Crippen molar-refractivity contribution in [3.8, 4) is 0 Å². The van der Waals surface area contributed by atoms with E-state index in [1.807, 2.05) is 0 Å². The third-order valence-corrected chi connectivity index (χ3v) is 6.64. The maximum Gasteiger partial charge on any atom is 0.314 e. The van der Waals surface area contributed by atoms with Gasteiger partial charge in [-0.1, -0.05) is 42.5 Å². The minimum atomic E-state index is -2.99. The minimum Gasteiger partial charge on any atom is -0.419 e. The molecule has 0 unspecified atom stereocenters. The van der Waals surface area contributed by atoms with Crippen LogP contribution in [0.15, 0.2) is 52.9 Å². The lowest BCUT2D eigenvalue weighted by molar-refractivity contribution is -0.138. The largest absolute Gasteiger partial charge is 0.419 e. The van der Waals surface area contributed by atoms with Crippen molar-refractivity contribution in [2.75, 3.05) is 6.54 Å². The number of aromatic nitrogens is 2. The Kier molecular flexibility index (Phi) is 6.94. The van der Waals surface area contributed by atoms with E-state index in [2.05, 4.69) is 15.5 Å². The van der Waals surface area contributed by atoms with Crippen molar-refractivity contribution >= 4 is 11.8 Å². The zero-order valence-corrected chi connectivity index (χ0v) is 19.6. The number of carbonyl (C=O) groups excluding carboxylic acids is 2. The molecule has 1 aliphatic heterocycles. The first-order valence-electron chi connectivity index (χ1n) is 12.0. The molecule has 3 aromatic rings. The van der Waals surface area contributed by atoms with Crippen molar-refractivity contribution < 1.29 is 31.6 Å². The number of likely N-dealkylation sites (tertiary alicyclic amines) is 1. The Labute approximate surface area is 209 Å². The van der Waals surface area contributed by atoms with Crippen molar-refractivity contribution in [2.24, 2.45) is 0 Å². The van der Waals surface area contributed by atoms with Gasteiger partial charge in [0, 0.05) is 6.42 Å². The zero-order valence-electron chi connectivity index (χ0n) is 19.6. The number of amides is 2. The molecule has 5 rings (SSSR count). The molecule has 2 amide bonds. The van der Waals surface area contributed by atoms with E-state index in [1.165, 1.54) is 6.07 Å². The summed E-state index contributed by atoms with van der Waals surface area (Å²) in [6.45, 7) is -0.340. The predicted molar refractivity (Wildman–Crippen MR) is 123 cm³/mol. The Morgan fingerprint density at radius 3 is 2.49 bits per heavy atom. The van der Waals surface area contributed by atoms with Gasteiger partial charge in [0.25, 0.3) is 5.89 Å². The lowest BCUT2D eigenvalue weighted by Gasteiger charge is -2.27. The van der Waals surface area contributed by atoms with Gasteiger partial charge in [-0.05, 0) is 41.5 Å². The molecule has 11 heteroatoms. The van der Waals surface area contributed by atoms with Crippen LogP contribution in [0.25, 0.3) is 0 Å². The summed E-state index contributed by atoms with van der Waals surface area (Å²) in [7, 11) is 0. The van der Waals surface area contributed by atoms with Crippen LogP contribution in [0.4, 0.5) is 17.6 Å². The molecule has 194 valence electrons. The first-order chi connectivity index (χ1) is 17.8. The zero-order chi connectivity index (χ0) is 26.1. The van der Waals surface area contributed by atoms with Gasteiger partial charge in [-0.25, -0.2) is 8.78 Å². The van der Waals surface area contributed by atoms with Crippen LogP contribution in [-0.2, 0) is 16.0 Å². The maximum atomic E-state index is 14.9. The second-order valence-electron chi connectivity index (χ2n) is 9.31. The fourth-order valence-corrected chi connectivity index (χ4v) is 4.66. The predicted octanol–water partition coefficient (Wildman–Crippen LogP) is 4.41. The summed E-state index contributed by atoms with van der Waals surface area (Å²) in [4.78, 5) is 27.3. The number of nitrogens with one attached hydrogen (secondary N) is 1. The molecule has 1 aromatic heterocycles. The van der Waals surface area contributed by atoms with E-state index < -0.39 is 48.8 Å². The molecule has 7 nitrogen and oxygen atoms in total. The van der Waals surface area contributed by atoms with Crippen LogP contribution in [0.2, 0.25) is 0 Å². The molecule has 0 spiro atoms. The van der Waals surface area contributed by atoms with E-state index in [0.29, 0.717) is 16.7 Å². The van der Waals surface area contributed by atoms with Crippen molar-refractivity contribution in [1.82, 2.24) is 20.4 Å². The Morgan fingerprint density at radius 2 is 1.84 bits per heavy atom. The van der Waals surface area contributed by atoms with Crippen LogP contribution in [-0.4, -0.2) is 45.7 Å². The maximum absolute atomic E-state index is 14.9. The Balaban J connectivity index is 1.36. The summed E-state index contributed by atoms with van der Waals surface area (Å²) < 4.78 is 59.4. The number of rotatable bonds is 8. The smallest absolute Gasteiger partial charge is 0.314 e. The summed E-state index contributed by atoms with van der Waals surface area (Å²) in [6, 6.07) is 11.9.